The summed E-state index contributed by atoms with van der Waals surface area (Å²) in [6, 6.07) is 10.8. The number of thiazole rings is 1. The number of fused-ring (bicyclic) bond motifs is 1. The second-order valence-corrected chi connectivity index (χ2v) is 11.9. The fourth-order valence-electron chi connectivity index (χ4n) is 3.98. The third-order valence-electron chi connectivity index (χ3n) is 5.80. The van der Waals surface area contributed by atoms with Crippen LogP contribution in [0.3, 0.4) is 0 Å². The van der Waals surface area contributed by atoms with Crippen LogP contribution in [-0.2, 0) is 21.4 Å². The Kier molecular flexibility index (Phi) is 7.76. The van der Waals surface area contributed by atoms with E-state index in [0.717, 1.165) is 16.0 Å². The van der Waals surface area contributed by atoms with Crippen molar-refractivity contribution in [2.24, 2.45) is 10.9 Å². The molecule has 7 nitrogen and oxygen atoms in total. The predicted molar refractivity (Wildman–Crippen MR) is 133 cm³/mol. The van der Waals surface area contributed by atoms with Crippen molar-refractivity contribution in [3.8, 4) is 5.75 Å². The largest absolute Gasteiger partial charge is 0.497 e. The van der Waals surface area contributed by atoms with E-state index in [9.17, 15) is 17.6 Å². The maximum atomic E-state index is 13.7. The summed E-state index contributed by atoms with van der Waals surface area (Å²) in [5.74, 6) is 0.178. The number of amides is 1. The topological polar surface area (TPSA) is 81.0 Å². The van der Waals surface area contributed by atoms with Crippen LogP contribution in [0.1, 0.15) is 12.8 Å². The molecule has 3 aromatic rings. The first-order valence-corrected chi connectivity index (χ1v) is 14.5. The molecular weight excluding hydrogens is 497 g/mol. The summed E-state index contributed by atoms with van der Waals surface area (Å²) in [6.07, 6.45) is 3.14. The molecular formula is C23H26FN3O4S3. The Morgan fingerprint density at radius 1 is 1.26 bits per heavy atom. The SMILES string of the molecule is COc1ccc(S(=O)(=O)N2CCCC(C(=O)N=c3sc4cc(F)ccc4n3CCSC)C2)cc1. The van der Waals surface area contributed by atoms with Crippen molar-refractivity contribution in [1.82, 2.24) is 8.87 Å². The number of sulfonamides is 1. The lowest BCUT2D eigenvalue weighted by Gasteiger charge is -2.30. The summed E-state index contributed by atoms with van der Waals surface area (Å²) in [5, 5.41) is 0. The Morgan fingerprint density at radius 2 is 2.03 bits per heavy atom. The summed E-state index contributed by atoms with van der Waals surface area (Å²) < 4.78 is 49.1. The number of benzene rings is 2. The molecule has 1 fully saturated rings. The average Bonchev–Trinajstić information content (AvgIpc) is 3.18. The van der Waals surface area contributed by atoms with E-state index >= 15 is 0 Å². The Hall–Kier alpha value is -2.21. The van der Waals surface area contributed by atoms with Crippen LogP contribution in [0.15, 0.2) is 52.4 Å². The van der Waals surface area contributed by atoms with E-state index in [1.165, 1.54) is 47.0 Å². The van der Waals surface area contributed by atoms with Gasteiger partial charge in [0.2, 0.25) is 10.0 Å². The molecule has 1 amide bonds. The van der Waals surface area contributed by atoms with Gasteiger partial charge in [-0.15, -0.1) is 0 Å². The van der Waals surface area contributed by atoms with Crippen molar-refractivity contribution in [2.45, 2.75) is 24.3 Å². The lowest BCUT2D eigenvalue weighted by Crippen LogP contribution is -2.42. The molecule has 1 atom stereocenters. The molecule has 2 aromatic carbocycles. The van der Waals surface area contributed by atoms with Gasteiger partial charge in [-0.25, -0.2) is 12.8 Å². The minimum absolute atomic E-state index is 0.0844. The number of halogens is 1. The number of aryl methyl sites for hydroxylation is 1. The van der Waals surface area contributed by atoms with Gasteiger partial charge in [-0.1, -0.05) is 11.3 Å². The summed E-state index contributed by atoms with van der Waals surface area (Å²) in [4.78, 5) is 18.2. The Balaban J connectivity index is 1.60. The van der Waals surface area contributed by atoms with Crippen LogP contribution >= 0.6 is 23.1 Å². The van der Waals surface area contributed by atoms with Crippen LogP contribution in [0, 0.1) is 11.7 Å². The lowest BCUT2D eigenvalue weighted by atomic mass is 9.99. The number of piperidine rings is 1. The highest BCUT2D eigenvalue weighted by Gasteiger charge is 2.33. The molecule has 1 aliphatic rings. The zero-order chi connectivity index (χ0) is 24.3. The number of hydrogen-bond acceptors (Lipinski definition) is 6. The second kappa shape index (κ2) is 10.6. The zero-order valence-corrected chi connectivity index (χ0v) is 21.4. The standard InChI is InChI=1S/C23H26FN3O4S3/c1-31-18-6-8-19(9-7-18)34(29,30)26-11-3-4-16(15-26)22(28)25-23-27(12-13-32-2)20-10-5-17(24)14-21(20)33-23/h5-10,14,16H,3-4,11-13,15H2,1-2H3. The number of carbonyl (C=O) groups is 1. The lowest BCUT2D eigenvalue weighted by molar-refractivity contribution is -0.122. The van der Waals surface area contributed by atoms with Crippen LogP contribution in [0.5, 0.6) is 5.75 Å². The fourth-order valence-corrected chi connectivity index (χ4v) is 6.95. The van der Waals surface area contributed by atoms with Crippen molar-refractivity contribution in [3.63, 3.8) is 0 Å². The van der Waals surface area contributed by atoms with Crippen LogP contribution < -0.4 is 9.54 Å². The van der Waals surface area contributed by atoms with E-state index in [1.807, 2.05) is 10.8 Å². The van der Waals surface area contributed by atoms with Gasteiger partial charge in [-0.05, 0) is 61.6 Å². The van der Waals surface area contributed by atoms with E-state index in [4.69, 9.17) is 4.74 Å². The van der Waals surface area contributed by atoms with Gasteiger partial charge in [0.1, 0.15) is 11.6 Å². The van der Waals surface area contributed by atoms with Crippen molar-refractivity contribution in [3.05, 3.63) is 53.1 Å². The van der Waals surface area contributed by atoms with Crippen molar-refractivity contribution >= 4 is 49.2 Å². The predicted octanol–water partition coefficient (Wildman–Crippen LogP) is 3.74. The molecule has 0 spiro atoms. The van der Waals surface area contributed by atoms with Crippen LogP contribution in [-0.4, -0.2) is 55.4 Å². The van der Waals surface area contributed by atoms with Crippen molar-refractivity contribution in [1.29, 1.82) is 0 Å². The van der Waals surface area contributed by atoms with E-state index in [-0.39, 0.29) is 23.2 Å². The maximum Gasteiger partial charge on any atom is 0.252 e. The van der Waals surface area contributed by atoms with Crippen LogP contribution in [0.25, 0.3) is 10.2 Å². The van der Waals surface area contributed by atoms with Gasteiger partial charge in [-0.2, -0.15) is 21.1 Å². The second-order valence-electron chi connectivity index (χ2n) is 7.97. The van der Waals surface area contributed by atoms with Gasteiger partial charge < -0.3 is 9.30 Å². The molecule has 182 valence electrons. The van der Waals surface area contributed by atoms with E-state index in [1.54, 1.807) is 30.0 Å². The summed E-state index contributed by atoms with van der Waals surface area (Å²) in [6.45, 7) is 1.08. The first kappa shape index (κ1) is 24.9. The molecule has 0 radical (unpaired) electrons. The normalized spacial score (nSPS) is 17.9. The minimum Gasteiger partial charge on any atom is -0.497 e. The molecule has 1 aliphatic heterocycles. The molecule has 11 heteroatoms. The Morgan fingerprint density at radius 3 is 2.74 bits per heavy atom. The van der Waals surface area contributed by atoms with Crippen molar-refractivity contribution < 1.29 is 22.3 Å². The maximum absolute atomic E-state index is 13.7. The number of thioether (sulfide) groups is 1. The summed E-state index contributed by atoms with van der Waals surface area (Å²) in [5.41, 5.74) is 0.833. The highest BCUT2D eigenvalue weighted by Crippen LogP contribution is 2.26. The molecule has 1 unspecified atom stereocenters. The Labute approximate surface area is 206 Å². The first-order valence-electron chi connectivity index (χ1n) is 10.8. The molecule has 0 aliphatic carbocycles. The first-order chi connectivity index (χ1) is 16.3. The van der Waals surface area contributed by atoms with E-state index < -0.39 is 15.9 Å². The number of carbonyl (C=O) groups excluding carboxylic acids is 1. The van der Waals surface area contributed by atoms with Gasteiger partial charge in [-0.3, -0.25) is 4.79 Å². The highest BCUT2D eigenvalue weighted by molar-refractivity contribution is 7.98. The number of hydrogen-bond donors (Lipinski definition) is 0. The van der Waals surface area contributed by atoms with Crippen LogP contribution in [0.2, 0.25) is 0 Å². The minimum atomic E-state index is -3.73. The van der Waals surface area contributed by atoms with Gasteiger partial charge in [0.15, 0.2) is 4.80 Å². The number of aromatic nitrogens is 1. The summed E-state index contributed by atoms with van der Waals surface area (Å²) in [7, 11) is -2.22. The number of nitrogens with zero attached hydrogens (tertiary/aromatic N) is 3. The highest BCUT2D eigenvalue weighted by atomic mass is 32.2. The molecule has 1 saturated heterocycles. The van der Waals surface area contributed by atoms with E-state index in [2.05, 4.69) is 4.99 Å². The molecule has 34 heavy (non-hydrogen) atoms. The Bertz CT molecular complexity index is 1350. The number of methoxy groups -OCH3 is 1. The third-order valence-corrected chi connectivity index (χ3v) is 9.31. The molecule has 0 bridgehead atoms. The number of rotatable bonds is 7. The van der Waals surface area contributed by atoms with Gasteiger partial charge >= 0.3 is 0 Å². The average molecular weight is 524 g/mol. The quantitative estimate of drug-likeness (QED) is 0.471. The third kappa shape index (κ3) is 5.22. The molecule has 0 saturated carbocycles. The van der Waals surface area contributed by atoms with E-state index in [0.29, 0.717) is 36.5 Å². The molecule has 4 rings (SSSR count). The number of ether oxygens (including phenoxy) is 1. The van der Waals surface area contributed by atoms with Crippen molar-refractivity contribution in [2.75, 3.05) is 32.2 Å². The smallest absolute Gasteiger partial charge is 0.252 e. The monoisotopic (exact) mass is 523 g/mol. The molecule has 2 heterocycles. The fraction of sp³-hybridized carbons (Fsp3) is 0.391. The van der Waals surface area contributed by atoms with Gasteiger partial charge in [0.05, 0.1) is 28.1 Å². The van der Waals surface area contributed by atoms with Gasteiger partial charge in [0.25, 0.3) is 5.91 Å². The van der Waals surface area contributed by atoms with Gasteiger partial charge in [0, 0.05) is 25.4 Å². The molecule has 1 aromatic heterocycles. The molecule has 0 N–H and O–H groups in total. The van der Waals surface area contributed by atoms with Crippen LogP contribution in [0.4, 0.5) is 4.39 Å². The zero-order valence-electron chi connectivity index (χ0n) is 18.9. The summed E-state index contributed by atoms with van der Waals surface area (Å²) >= 11 is 2.94.